The summed E-state index contributed by atoms with van der Waals surface area (Å²) in [5, 5.41) is 2.93. The number of likely N-dealkylation sites (N-methyl/N-ethyl adjacent to an activating group) is 1. The van der Waals surface area contributed by atoms with Crippen LogP contribution in [0.15, 0.2) is 24.3 Å². The first-order valence-corrected chi connectivity index (χ1v) is 7.49. The molecule has 0 aromatic heterocycles. The lowest BCUT2D eigenvalue weighted by atomic mass is 9.90. The van der Waals surface area contributed by atoms with Crippen molar-refractivity contribution in [2.45, 2.75) is 24.4 Å². The van der Waals surface area contributed by atoms with Crippen LogP contribution in [0.3, 0.4) is 0 Å². The Kier molecular flexibility index (Phi) is 5.50. The van der Waals surface area contributed by atoms with E-state index < -0.39 is 5.54 Å². The maximum Gasteiger partial charge on any atom is 0.240 e. The lowest BCUT2D eigenvalue weighted by molar-refractivity contribution is -0.130. The molecule has 0 radical (unpaired) electrons. The molecule has 1 aliphatic rings. The number of ether oxygens (including phenoxy) is 1. The number of hydrogen-bond acceptors (Lipinski definition) is 4. The van der Waals surface area contributed by atoms with Gasteiger partial charge < -0.3 is 20.7 Å². The van der Waals surface area contributed by atoms with Crippen LogP contribution in [0.25, 0.3) is 0 Å². The van der Waals surface area contributed by atoms with E-state index >= 15 is 0 Å². The predicted octanol–water partition coefficient (Wildman–Crippen LogP) is 1.05. The van der Waals surface area contributed by atoms with Crippen LogP contribution in [0.1, 0.15) is 24.4 Å². The van der Waals surface area contributed by atoms with Crippen LogP contribution in [0.2, 0.25) is 0 Å². The SMILES string of the molecule is CN(C)C(CNC(=O)C1(N)CCOCC1)c1ccc(F)cc1. The molecule has 1 aromatic rings. The van der Waals surface area contributed by atoms with Crippen molar-refractivity contribution < 1.29 is 13.9 Å². The number of benzene rings is 1. The molecular weight excluding hydrogens is 285 g/mol. The van der Waals surface area contributed by atoms with Crippen LogP contribution in [-0.4, -0.2) is 50.2 Å². The van der Waals surface area contributed by atoms with Gasteiger partial charge >= 0.3 is 0 Å². The van der Waals surface area contributed by atoms with E-state index in [1.807, 2.05) is 19.0 Å². The van der Waals surface area contributed by atoms with Crippen LogP contribution in [0, 0.1) is 5.82 Å². The summed E-state index contributed by atoms with van der Waals surface area (Å²) in [4.78, 5) is 14.3. The zero-order valence-electron chi connectivity index (χ0n) is 13.1. The molecular formula is C16H24FN3O2. The lowest BCUT2D eigenvalue weighted by Crippen LogP contribution is -2.57. The Balaban J connectivity index is 2.00. The van der Waals surface area contributed by atoms with E-state index in [0.29, 0.717) is 32.6 Å². The fourth-order valence-corrected chi connectivity index (χ4v) is 2.61. The molecule has 1 amide bonds. The number of rotatable bonds is 5. The summed E-state index contributed by atoms with van der Waals surface area (Å²) in [6.45, 7) is 1.45. The number of nitrogens with two attached hydrogens (primary N) is 1. The van der Waals surface area contributed by atoms with Gasteiger partial charge in [0.1, 0.15) is 5.82 Å². The van der Waals surface area contributed by atoms with Gasteiger partial charge in [-0.05, 0) is 44.6 Å². The Hall–Kier alpha value is -1.50. The molecule has 0 bridgehead atoms. The largest absolute Gasteiger partial charge is 0.381 e. The van der Waals surface area contributed by atoms with Gasteiger partial charge in [-0.15, -0.1) is 0 Å². The first-order valence-electron chi connectivity index (χ1n) is 7.49. The van der Waals surface area contributed by atoms with Gasteiger partial charge in [-0.25, -0.2) is 4.39 Å². The maximum absolute atomic E-state index is 13.0. The summed E-state index contributed by atoms with van der Waals surface area (Å²) < 4.78 is 18.3. The fourth-order valence-electron chi connectivity index (χ4n) is 2.61. The second kappa shape index (κ2) is 7.17. The zero-order chi connectivity index (χ0) is 16.2. The minimum absolute atomic E-state index is 0.0343. The Morgan fingerprint density at radius 3 is 2.50 bits per heavy atom. The second-order valence-electron chi connectivity index (χ2n) is 6.01. The number of carbonyl (C=O) groups excluding carboxylic acids is 1. The van der Waals surface area contributed by atoms with Crippen molar-refractivity contribution in [1.29, 1.82) is 0 Å². The molecule has 1 aromatic carbocycles. The maximum atomic E-state index is 13.0. The Bertz CT molecular complexity index is 499. The highest BCUT2D eigenvalue weighted by Gasteiger charge is 2.36. The van der Waals surface area contributed by atoms with Gasteiger partial charge in [0.25, 0.3) is 0 Å². The van der Waals surface area contributed by atoms with Gasteiger partial charge in [0.2, 0.25) is 5.91 Å². The number of nitrogens with zero attached hydrogens (tertiary/aromatic N) is 1. The van der Waals surface area contributed by atoms with Crippen LogP contribution in [0.4, 0.5) is 4.39 Å². The molecule has 5 nitrogen and oxygen atoms in total. The summed E-state index contributed by atoms with van der Waals surface area (Å²) in [6.07, 6.45) is 1.06. The van der Waals surface area contributed by atoms with Crippen molar-refractivity contribution in [3.63, 3.8) is 0 Å². The highest BCUT2D eigenvalue weighted by molar-refractivity contribution is 5.86. The summed E-state index contributed by atoms with van der Waals surface area (Å²) in [6, 6.07) is 6.29. The molecule has 0 spiro atoms. The lowest BCUT2D eigenvalue weighted by Gasteiger charge is -2.33. The van der Waals surface area contributed by atoms with Crippen molar-refractivity contribution in [3.05, 3.63) is 35.6 Å². The second-order valence-corrected chi connectivity index (χ2v) is 6.01. The number of amides is 1. The Morgan fingerprint density at radius 1 is 1.36 bits per heavy atom. The van der Waals surface area contributed by atoms with Gasteiger partial charge in [-0.2, -0.15) is 0 Å². The first-order chi connectivity index (χ1) is 10.4. The summed E-state index contributed by atoms with van der Waals surface area (Å²) in [7, 11) is 3.85. The quantitative estimate of drug-likeness (QED) is 0.853. The molecule has 22 heavy (non-hydrogen) atoms. The highest BCUT2D eigenvalue weighted by atomic mass is 19.1. The van der Waals surface area contributed by atoms with E-state index in [9.17, 15) is 9.18 Å². The van der Waals surface area contributed by atoms with Gasteiger partial charge in [0.05, 0.1) is 11.6 Å². The Labute approximate surface area is 130 Å². The van der Waals surface area contributed by atoms with Crippen LogP contribution < -0.4 is 11.1 Å². The van der Waals surface area contributed by atoms with E-state index in [2.05, 4.69) is 5.32 Å². The topological polar surface area (TPSA) is 67.6 Å². The van der Waals surface area contributed by atoms with Gasteiger partial charge in [0, 0.05) is 19.8 Å². The molecule has 122 valence electrons. The Morgan fingerprint density at radius 2 is 1.95 bits per heavy atom. The fraction of sp³-hybridized carbons (Fsp3) is 0.562. The molecule has 1 fully saturated rings. The molecule has 1 aliphatic heterocycles. The van der Waals surface area contributed by atoms with Crippen LogP contribution in [-0.2, 0) is 9.53 Å². The van der Waals surface area contributed by atoms with E-state index in [1.165, 1.54) is 12.1 Å². The zero-order valence-corrected chi connectivity index (χ0v) is 13.1. The summed E-state index contributed by atoms with van der Waals surface area (Å²) in [5.41, 5.74) is 6.27. The van der Waals surface area contributed by atoms with Crippen molar-refractivity contribution >= 4 is 5.91 Å². The normalized spacial score (nSPS) is 19.0. The molecule has 1 unspecified atom stereocenters. The average Bonchev–Trinajstić information content (AvgIpc) is 2.49. The van der Waals surface area contributed by atoms with E-state index in [-0.39, 0.29) is 17.8 Å². The molecule has 1 atom stereocenters. The molecule has 0 aliphatic carbocycles. The predicted molar refractivity (Wildman–Crippen MR) is 82.8 cm³/mol. The van der Waals surface area contributed by atoms with Crippen molar-refractivity contribution in [2.75, 3.05) is 33.9 Å². The number of halogens is 1. The standard InChI is InChI=1S/C16H24FN3O2/c1-20(2)14(12-3-5-13(17)6-4-12)11-19-15(21)16(18)7-9-22-10-8-16/h3-6,14H,7-11,18H2,1-2H3,(H,19,21). The number of hydrogen-bond donors (Lipinski definition) is 2. The third-order valence-corrected chi connectivity index (χ3v) is 4.17. The minimum atomic E-state index is -0.849. The molecule has 6 heteroatoms. The summed E-state index contributed by atoms with van der Waals surface area (Å²) >= 11 is 0. The van der Waals surface area contributed by atoms with E-state index in [0.717, 1.165) is 5.56 Å². The highest BCUT2D eigenvalue weighted by Crippen LogP contribution is 2.20. The van der Waals surface area contributed by atoms with E-state index in [1.54, 1.807) is 12.1 Å². The van der Waals surface area contributed by atoms with Crippen LogP contribution >= 0.6 is 0 Å². The van der Waals surface area contributed by atoms with Crippen molar-refractivity contribution in [3.8, 4) is 0 Å². The summed E-state index contributed by atoms with van der Waals surface area (Å²) in [5.74, 6) is -0.418. The molecule has 1 saturated heterocycles. The van der Waals surface area contributed by atoms with Gasteiger partial charge in [-0.1, -0.05) is 12.1 Å². The average molecular weight is 309 g/mol. The van der Waals surface area contributed by atoms with Gasteiger partial charge in [-0.3, -0.25) is 4.79 Å². The minimum Gasteiger partial charge on any atom is -0.381 e. The number of carbonyl (C=O) groups is 1. The van der Waals surface area contributed by atoms with E-state index in [4.69, 9.17) is 10.5 Å². The first kappa shape index (κ1) is 16.9. The molecule has 1 heterocycles. The van der Waals surface area contributed by atoms with Gasteiger partial charge in [0.15, 0.2) is 0 Å². The van der Waals surface area contributed by atoms with Crippen molar-refractivity contribution in [1.82, 2.24) is 10.2 Å². The van der Waals surface area contributed by atoms with Crippen molar-refractivity contribution in [2.24, 2.45) is 5.73 Å². The number of nitrogens with one attached hydrogen (secondary N) is 1. The third-order valence-electron chi connectivity index (χ3n) is 4.17. The molecule has 2 rings (SSSR count). The third kappa shape index (κ3) is 4.03. The molecule has 3 N–H and O–H groups in total. The molecule has 0 saturated carbocycles. The monoisotopic (exact) mass is 309 g/mol. The smallest absolute Gasteiger partial charge is 0.240 e. The van der Waals surface area contributed by atoms with Crippen LogP contribution in [0.5, 0.6) is 0 Å².